The SMILES string of the molecule is CCCNc1cncc(OCc2ccc(OC)cc2)c1. The maximum atomic E-state index is 5.74. The molecule has 0 aliphatic heterocycles. The summed E-state index contributed by atoms with van der Waals surface area (Å²) in [7, 11) is 1.66. The van der Waals surface area contributed by atoms with Crippen molar-refractivity contribution < 1.29 is 9.47 Å². The Labute approximate surface area is 119 Å². The van der Waals surface area contributed by atoms with Crippen molar-refractivity contribution in [2.75, 3.05) is 19.0 Å². The van der Waals surface area contributed by atoms with Gasteiger partial charge in [0.2, 0.25) is 0 Å². The molecule has 20 heavy (non-hydrogen) atoms. The highest BCUT2D eigenvalue weighted by Gasteiger charge is 1.99. The fourth-order valence-electron chi connectivity index (χ4n) is 1.75. The fraction of sp³-hybridized carbons (Fsp3) is 0.312. The van der Waals surface area contributed by atoms with Crippen molar-refractivity contribution in [2.45, 2.75) is 20.0 Å². The van der Waals surface area contributed by atoms with Crippen LogP contribution in [0.2, 0.25) is 0 Å². The predicted molar refractivity (Wildman–Crippen MR) is 80.3 cm³/mol. The third-order valence-corrected chi connectivity index (χ3v) is 2.86. The summed E-state index contributed by atoms with van der Waals surface area (Å²) in [5.41, 5.74) is 2.08. The first-order valence-electron chi connectivity index (χ1n) is 6.76. The molecule has 2 rings (SSSR count). The molecule has 0 radical (unpaired) electrons. The molecule has 1 heterocycles. The number of hydrogen-bond acceptors (Lipinski definition) is 4. The summed E-state index contributed by atoms with van der Waals surface area (Å²) < 4.78 is 10.9. The van der Waals surface area contributed by atoms with Gasteiger partial charge in [0.05, 0.1) is 25.2 Å². The Bertz CT molecular complexity index is 526. The van der Waals surface area contributed by atoms with Crippen LogP contribution in [0.1, 0.15) is 18.9 Å². The lowest BCUT2D eigenvalue weighted by atomic mass is 10.2. The van der Waals surface area contributed by atoms with E-state index < -0.39 is 0 Å². The minimum atomic E-state index is 0.517. The minimum absolute atomic E-state index is 0.517. The molecule has 0 saturated heterocycles. The van der Waals surface area contributed by atoms with E-state index in [1.54, 1.807) is 19.5 Å². The second kappa shape index (κ2) is 7.38. The number of ether oxygens (including phenoxy) is 2. The maximum Gasteiger partial charge on any atom is 0.140 e. The lowest BCUT2D eigenvalue weighted by Crippen LogP contribution is -2.01. The van der Waals surface area contributed by atoms with Crippen molar-refractivity contribution >= 4 is 5.69 Å². The van der Waals surface area contributed by atoms with Crippen LogP contribution < -0.4 is 14.8 Å². The van der Waals surface area contributed by atoms with E-state index >= 15 is 0 Å². The van der Waals surface area contributed by atoms with Crippen LogP contribution in [-0.4, -0.2) is 18.6 Å². The molecule has 1 N–H and O–H groups in total. The third kappa shape index (κ3) is 4.16. The fourth-order valence-corrected chi connectivity index (χ4v) is 1.75. The van der Waals surface area contributed by atoms with Gasteiger partial charge in [-0.15, -0.1) is 0 Å². The summed E-state index contributed by atoms with van der Waals surface area (Å²) in [4.78, 5) is 4.17. The molecule has 0 atom stereocenters. The molecule has 0 aliphatic rings. The van der Waals surface area contributed by atoms with Gasteiger partial charge in [0.15, 0.2) is 0 Å². The summed E-state index contributed by atoms with van der Waals surface area (Å²) in [6, 6.07) is 9.80. The Morgan fingerprint density at radius 3 is 2.60 bits per heavy atom. The molecule has 2 aromatic rings. The zero-order chi connectivity index (χ0) is 14.2. The molecular formula is C16H20N2O2. The van der Waals surface area contributed by atoms with Gasteiger partial charge in [0.1, 0.15) is 18.1 Å². The van der Waals surface area contributed by atoms with E-state index in [-0.39, 0.29) is 0 Å². The Kier molecular flexibility index (Phi) is 5.24. The molecule has 0 saturated carbocycles. The van der Waals surface area contributed by atoms with Gasteiger partial charge in [-0.05, 0) is 24.1 Å². The Hall–Kier alpha value is -2.23. The zero-order valence-corrected chi connectivity index (χ0v) is 11.9. The van der Waals surface area contributed by atoms with Crippen molar-refractivity contribution in [1.29, 1.82) is 0 Å². The van der Waals surface area contributed by atoms with Crippen molar-refractivity contribution in [1.82, 2.24) is 4.98 Å². The van der Waals surface area contributed by atoms with Gasteiger partial charge in [-0.3, -0.25) is 4.98 Å². The van der Waals surface area contributed by atoms with Crippen LogP contribution in [-0.2, 0) is 6.61 Å². The second-order valence-electron chi connectivity index (χ2n) is 4.47. The molecule has 106 valence electrons. The number of methoxy groups -OCH3 is 1. The predicted octanol–water partition coefficient (Wildman–Crippen LogP) is 3.49. The molecule has 4 heteroatoms. The smallest absolute Gasteiger partial charge is 0.140 e. The number of nitrogens with zero attached hydrogens (tertiary/aromatic N) is 1. The van der Waals surface area contributed by atoms with E-state index in [0.717, 1.165) is 35.7 Å². The second-order valence-corrected chi connectivity index (χ2v) is 4.47. The molecular weight excluding hydrogens is 252 g/mol. The van der Waals surface area contributed by atoms with Gasteiger partial charge in [0.25, 0.3) is 0 Å². The van der Waals surface area contributed by atoms with Gasteiger partial charge in [-0.25, -0.2) is 0 Å². The van der Waals surface area contributed by atoms with Gasteiger partial charge < -0.3 is 14.8 Å². The van der Waals surface area contributed by atoms with Crippen molar-refractivity contribution in [3.8, 4) is 11.5 Å². The van der Waals surface area contributed by atoms with E-state index in [1.165, 1.54) is 0 Å². The van der Waals surface area contributed by atoms with E-state index in [1.807, 2.05) is 30.3 Å². The highest BCUT2D eigenvalue weighted by atomic mass is 16.5. The van der Waals surface area contributed by atoms with Crippen LogP contribution in [0.25, 0.3) is 0 Å². The molecule has 0 amide bonds. The van der Waals surface area contributed by atoms with E-state index in [2.05, 4.69) is 17.2 Å². The number of pyridine rings is 1. The van der Waals surface area contributed by atoms with Gasteiger partial charge in [0, 0.05) is 12.6 Å². The summed E-state index contributed by atoms with van der Waals surface area (Å²) in [5.74, 6) is 1.61. The Morgan fingerprint density at radius 2 is 1.90 bits per heavy atom. The molecule has 0 fully saturated rings. The number of rotatable bonds is 7. The number of nitrogens with one attached hydrogen (secondary N) is 1. The summed E-state index contributed by atoms with van der Waals surface area (Å²) >= 11 is 0. The van der Waals surface area contributed by atoms with E-state index in [4.69, 9.17) is 9.47 Å². The number of aromatic nitrogens is 1. The summed E-state index contributed by atoms with van der Waals surface area (Å²) in [5, 5.41) is 3.29. The first kappa shape index (κ1) is 14.2. The molecule has 4 nitrogen and oxygen atoms in total. The zero-order valence-electron chi connectivity index (χ0n) is 11.9. The molecule has 0 aliphatic carbocycles. The average molecular weight is 272 g/mol. The van der Waals surface area contributed by atoms with Crippen molar-refractivity contribution in [3.63, 3.8) is 0 Å². The van der Waals surface area contributed by atoms with Gasteiger partial charge in [-0.1, -0.05) is 19.1 Å². The molecule has 0 bridgehead atoms. The lowest BCUT2D eigenvalue weighted by molar-refractivity contribution is 0.305. The Morgan fingerprint density at radius 1 is 1.10 bits per heavy atom. The first-order chi connectivity index (χ1) is 9.81. The van der Waals surface area contributed by atoms with E-state index in [0.29, 0.717) is 6.61 Å². The van der Waals surface area contributed by atoms with Crippen LogP contribution >= 0.6 is 0 Å². The largest absolute Gasteiger partial charge is 0.497 e. The Balaban J connectivity index is 1.92. The van der Waals surface area contributed by atoms with Crippen LogP contribution in [0.4, 0.5) is 5.69 Å². The summed E-state index contributed by atoms with van der Waals surface area (Å²) in [6.45, 7) is 3.58. The van der Waals surface area contributed by atoms with Gasteiger partial charge in [-0.2, -0.15) is 0 Å². The molecule has 1 aromatic carbocycles. The molecule has 0 unspecified atom stereocenters. The average Bonchev–Trinajstić information content (AvgIpc) is 2.52. The standard InChI is InChI=1S/C16H20N2O2/c1-3-8-18-14-9-16(11-17-10-14)20-12-13-4-6-15(19-2)7-5-13/h4-7,9-11,18H,3,8,12H2,1-2H3. The van der Waals surface area contributed by atoms with Crippen LogP contribution in [0.15, 0.2) is 42.7 Å². The van der Waals surface area contributed by atoms with Crippen molar-refractivity contribution in [3.05, 3.63) is 48.3 Å². The molecule has 1 aromatic heterocycles. The summed E-state index contributed by atoms with van der Waals surface area (Å²) in [6.07, 6.45) is 4.60. The van der Waals surface area contributed by atoms with Crippen molar-refractivity contribution in [2.24, 2.45) is 0 Å². The monoisotopic (exact) mass is 272 g/mol. The minimum Gasteiger partial charge on any atom is -0.497 e. The number of hydrogen-bond donors (Lipinski definition) is 1. The van der Waals surface area contributed by atoms with E-state index in [9.17, 15) is 0 Å². The topological polar surface area (TPSA) is 43.4 Å². The number of anilines is 1. The van der Waals surface area contributed by atoms with Gasteiger partial charge >= 0.3 is 0 Å². The maximum absolute atomic E-state index is 5.74. The van der Waals surface area contributed by atoms with Crippen LogP contribution in [0.5, 0.6) is 11.5 Å². The quantitative estimate of drug-likeness (QED) is 0.838. The normalized spacial score (nSPS) is 10.1. The lowest BCUT2D eigenvalue weighted by Gasteiger charge is -2.09. The third-order valence-electron chi connectivity index (χ3n) is 2.86. The van der Waals surface area contributed by atoms with Crippen LogP contribution in [0, 0.1) is 0 Å². The van der Waals surface area contributed by atoms with Crippen LogP contribution in [0.3, 0.4) is 0 Å². The highest BCUT2D eigenvalue weighted by Crippen LogP contribution is 2.18. The molecule has 0 spiro atoms. The number of benzene rings is 1. The highest BCUT2D eigenvalue weighted by molar-refractivity contribution is 5.45. The first-order valence-corrected chi connectivity index (χ1v) is 6.76.